The number of halogens is 1. The van der Waals surface area contributed by atoms with Gasteiger partial charge in [-0.15, -0.1) is 0 Å². The minimum Gasteiger partial charge on any atom is -0.437 e. The van der Waals surface area contributed by atoms with Gasteiger partial charge in [0.15, 0.2) is 0 Å². The maximum absolute atomic E-state index is 7.45. The van der Waals surface area contributed by atoms with Crippen molar-refractivity contribution in [3.05, 3.63) is 52.7 Å². The quantitative estimate of drug-likeness (QED) is 0.659. The number of pyridine rings is 1. The molecule has 0 fully saturated rings. The Hall–Kier alpha value is -2.07. The van der Waals surface area contributed by atoms with Crippen molar-refractivity contribution >= 4 is 17.4 Å². The molecule has 2 aromatic rings. The Balaban J connectivity index is 2.37. The van der Waals surface area contributed by atoms with Crippen LogP contribution >= 0.6 is 11.6 Å². The van der Waals surface area contributed by atoms with Crippen molar-refractivity contribution in [3.8, 4) is 11.6 Å². The molecule has 0 unspecified atom stereocenters. The Morgan fingerprint density at radius 3 is 2.83 bits per heavy atom. The van der Waals surface area contributed by atoms with Crippen LogP contribution in [0.1, 0.15) is 11.1 Å². The van der Waals surface area contributed by atoms with Crippen LogP contribution in [-0.2, 0) is 0 Å². The van der Waals surface area contributed by atoms with Crippen LogP contribution < -0.4 is 10.5 Å². The molecule has 2 rings (SSSR count). The van der Waals surface area contributed by atoms with Gasteiger partial charge >= 0.3 is 0 Å². The predicted molar refractivity (Wildman–Crippen MR) is 71.5 cm³/mol. The molecule has 0 saturated heterocycles. The van der Waals surface area contributed by atoms with E-state index in [1.54, 1.807) is 30.5 Å². The van der Waals surface area contributed by atoms with Gasteiger partial charge in [0.1, 0.15) is 11.6 Å². The minimum atomic E-state index is -0.0960. The van der Waals surface area contributed by atoms with Crippen molar-refractivity contribution in [1.82, 2.24) is 4.98 Å². The van der Waals surface area contributed by atoms with Crippen LogP contribution in [0.4, 0.5) is 0 Å². The third-order valence-corrected chi connectivity index (χ3v) is 2.65. The van der Waals surface area contributed by atoms with E-state index in [1.807, 2.05) is 13.0 Å². The topological polar surface area (TPSA) is 72.0 Å². The summed E-state index contributed by atoms with van der Waals surface area (Å²) in [6.07, 6.45) is 1.57. The molecule has 1 heterocycles. The fourth-order valence-electron chi connectivity index (χ4n) is 1.47. The van der Waals surface area contributed by atoms with Gasteiger partial charge in [-0.1, -0.05) is 17.7 Å². The predicted octanol–water partition coefficient (Wildman–Crippen LogP) is 3.12. The summed E-state index contributed by atoms with van der Waals surface area (Å²) in [5.41, 5.74) is 6.94. The highest BCUT2D eigenvalue weighted by atomic mass is 35.5. The molecule has 0 radical (unpaired) electrons. The number of amidine groups is 1. The molecule has 5 heteroatoms. The first-order chi connectivity index (χ1) is 8.58. The molecule has 4 nitrogen and oxygen atoms in total. The third kappa shape index (κ3) is 2.60. The van der Waals surface area contributed by atoms with Crippen molar-refractivity contribution < 1.29 is 4.74 Å². The highest BCUT2D eigenvalue weighted by Gasteiger charge is 2.10. The SMILES string of the molecule is Cc1ccc(Oc2ncccc2C(=N)N)c(Cl)c1. The molecule has 0 aliphatic heterocycles. The summed E-state index contributed by atoms with van der Waals surface area (Å²) in [5, 5.41) is 7.95. The minimum absolute atomic E-state index is 0.0960. The smallest absolute Gasteiger partial charge is 0.230 e. The molecular weight excluding hydrogens is 250 g/mol. The monoisotopic (exact) mass is 261 g/mol. The van der Waals surface area contributed by atoms with E-state index in [-0.39, 0.29) is 11.7 Å². The van der Waals surface area contributed by atoms with E-state index >= 15 is 0 Å². The van der Waals surface area contributed by atoms with Crippen LogP contribution in [0.15, 0.2) is 36.5 Å². The van der Waals surface area contributed by atoms with Crippen LogP contribution in [-0.4, -0.2) is 10.8 Å². The molecule has 0 spiro atoms. The molecule has 0 saturated carbocycles. The molecule has 0 bridgehead atoms. The molecule has 0 aliphatic carbocycles. The van der Waals surface area contributed by atoms with Crippen LogP contribution in [0.3, 0.4) is 0 Å². The number of benzene rings is 1. The zero-order valence-electron chi connectivity index (χ0n) is 9.77. The van der Waals surface area contributed by atoms with E-state index in [0.717, 1.165) is 5.56 Å². The number of aryl methyl sites for hydroxylation is 1. The molecule has 0 amide bonds. The van der Waals surface area contributed by atoms with Gasteiger partial charge < -0.3 is 10.5 Å². The van der Waals surface area contributed by atoms with Gasteiger partial charge in [-0.25, -0.2) is 4.98 Å². The second-order valence-electron chi connectivity index (χ2n) is 3.81. The van der Waals surface area contributed by atoms with Gasteiger partial charge in [0.05, 0.1) is 10.6 Å². The lowest BCUT2D eigenvalue weighted by atomic mass is 10.2. The van der Waals surface area contributed by atoms with E-state index in [9.17, 15) is 0 Å². The number of rotatable bonds is 3. The average molecular weight is 262 g/mol. The zero-order chi connectivity index (χ0) is 13.1. The number of aromatic nitrogens is 1. The van der Waals surface area contributed by atoms with Crippen LogP contribution in [0.25, 0.3) is 0 Å². The first-order valence-corrected chi connectivity index (χ1v) is 5.69. The van der Waals surface area contributed by atoms with Crippen molar-refractivity contribution in [2.75, 3.05) is 0 Å². The summed E-state index contributed by atoms with van der Waals surface area (Å²) in [4.78, 5) is 4.06. The first-order valence-electron chi connectivity index (χ1n) is 5.31. The first kappa shape index (κ1) is 12.4. The number of nitrogens with two attached hydrogens (primary N) is 1. The van der Waals surface area contributed by atoms with Crippen LogP contribution in [0.2, 0.25) is 5.02 Å². The van der Waals surface area contributed by atoms with E-state index < -0.39 is 0 Å². The Morgan fingerprint density at radius 2 is 2.17 bits per heavy atom. The molecule has 1 aromatic carbocycles. The number of nitrogen functional groups attached to an aromatic ring is 1. The summed E-state index contributed by atoms with van der Waals surface area (Å²) < 4.78 is 5.59. The van der Waals surface area contributed by atoms with E-state index in [1.165, 1.54) is 0 Å². The van der Waals surface area contributed by atoms with Gasteiger partial charge in [0.2, 0.25) is 5.88 Å². The Labute approximate surface area is 110 Å². The molecule has 18 heavy (non-hydrogen) atoms. The second-order valence-corrected chi connectivity index (χ2v) is 4.21. The zero-order valence-corrected chi connectivity index (χ0v) is 10.5. The summed E-state index contributed by atoms with van der Waals surface area (Å²) in [6.45, 7) is 1.94. The molecule has 0 atom stereocenters. The Bertz CT molecular complexity index is 599. The second kappa shape index (κ2) is 5.06. The van der Waals surface area contributed by atoms with E-state index in [2.05, 4.69) is 4.98 Å². The number of nitrogens with zero attached hydrogens (tertiary/aromatic N) is 1. The summed E-state index contributed by atoms with van der Waals surface area (Å²) in [5.74, 6) is 0.667. The third-order valence-electron chi connectivity index (χ3n) is 2.36. The van der Waals surface area contributed by atoms with Gasteiger partial charge in [0, 0.05) is 6.20 Å². The van der Waals surface area contributed by atoms with Gasteiger partial charge in [0.25, 0.3) is 0 Å². The Kier molecular flexibility index (Phi) is 3.48. The fourth-order valence-corrected chi connectivity index (χ4v) is 1.74. The molecular formula is C13H12ClN3O. The highest BCUT2D eigenvalue weighted by molar-refractivity contribution is 6.32. The molecule has 0 aliphatic rings. The number of ether oxygens (including phenoxy) is 1. The molecule has 92 valence electrons. The van der Waals surface area contributed by atoms with E-state index in [4.69, 9.17) is 27.5 Å². The standard InChI is InChI=1S/C13H12ClN3O/c1-8-4-5-11(10(14)7-8)18-13-9(12(15)16)3-2-6-17-13/h2-7H,1H3,(H3,15,16). The summed E-state index contributed by atoms with van der Waals surface area (Å²) >= 11 is 6.07. The number of nitrogens with one attached hydrogen (secondary N) is 1. The number of hydrogen-bond acceptors (Lipinski definition) is 3. The van der Waals surface area contributed by atoms with Crippen molar-refractivity contribution in [1.29, 1.82) is 5.41 Å². The Morgan fingerprint density at radius 1 is 1.39 bits per heavy atom. The lowest BCUT2D eigenvalue weighted by molar-refractivity contribution is 0.462. The largest absolute Gasteiger partial charge is 0.437 e. The lowest BCUT2D eigenvalue weighted by Crippen LogP contribution is -2.12. The maximum atomic E-state index is 7.45. The summed E-state index contributed by atoms with van der Waals surface area (Å²) in [6, 6.07) is 8.81. The maximum Gasteiger partial charge on any atom is 0.230 e. The van der Waals surface area contributed by atoms with Crippen LogP contribution in [0.5, 0.6) is 11.6 Å². The molecule has 3 N–H and O–H groups in total. The van der Waals surface area contributed by atoms with Crippen molar-refractivity contribution in [3.63, 3.8) is 0 Å². The van der Waals surface area contributed by atoms with Gasteiger partial charge in [-0.3, -0.25) is 5.41 Å². The fraction of sp³-hybridized carbons (Fsp3) is 0.0769. The van der Waals surface area contributed by atoms with Crippen molar-refractivity contribution in [2.45, 2.75) is 6.92 Å². The van der Waals surface area contributed by atoms with E-state index in [0.29, 0.717) is 16.3 Å². The average Bonchev–Trinajstić information content (AvgIpc) is 2.33. The summed E-state index contributed by atoms with van der Waals surface area (Å²) in [7, 11) is 0. The van der Waals surface area contributed by atoms with Gasteiger partial charge in [-0.2, -0.15) is 0 Å². The van der Waals surface area contributed by atoms with Crippen LogP contribution in [0, 0.1) is 12.3 Å². The lowest BCUT2D eigenvalue weighted by Gasteiger charge is -2.10. The molecule has 1 aromatic heterocycles. The highest BCUT2D eigenvalue weighted by Crippen LogP contribution is 2.30. The van der Waals surface area contributed by atoms with Crippen molar-refractivity contribution in [2.24, 2.45) is 5.73 Å². The van der Waals surface area contributed by atoms with Gasteiger partial charge in [-0.05, 0) is 36.8 Å². The number of hydrogen-bond donors (Lipinski definition) is 2. The normalized spacial score (nSPS) is 10.1.